The van der Waals surface area contributed by atoms with Crippen molar-refractivity contribution in [2.24, 2.45) is 0 Å². The van der Waals surface area contributed by atoms with Gasteiger partial charge in [0, 0.05) is 43.3 Å². The Balaban J connectivity index is 1.56. The van der Waals surface area contributed by atoms with E-state index in [2.05, 4.69) is 19.9 Å². The number of carbonyl (C=O) groups excluding carboxylic acids is 1. The molecule has 0 aliphatic carbocycles. The monoisotopic (exact) mass is 329 g/mol. The molecule has 0 aromatic carbocycles. The molecule has 24 heavy (non-hydrogen) atoms. The molecule has 0 saturated carbocycles. The number of nitrogens with zero attached hydrogens (tertiary/aromatic N) is 4. The van der Waals surface area contributed by atoms with Gasteiger partial charge in [0.15, 0.2) is 0 Å². The number of imidazole rings is 1. The lowest BCUT2D eigenvalue weighted by Gasteiger charge is -2.33. The highest BCUT2D eigenvalue weighted by Crippen LogP contribution is 2.25. The van der Waals surface area contributed by atoms with Crippen LogP contribution in [0.2, 0.25) is 0 Å². The minimum absolute atomic E-state index is 0.0366. The van der Waals surface area contributed by atoms with Gasteiger partial charge in [0.2, 0.25) is 0 Å². The standard InChI is InChI=1S/C17H23N5O2/c1-13(15-3-6-18-11-16(15)24-2)20-17(23)21-8-4-14(5-9-21)22-10-7-19-12-22/h3,6-7,10-14H,4-5,8-9H2,1-2H3,(H,20,23). The van der Waals surface area contributed by atoms with Gasteiger partial charge in [0.05, 0.1) is 25.7 Å². The van der Waals surface area contributed by atoms with Gasteiger partial charge in [0.1, 0.15) is 5.75 Å². The molecular weight excluding hydrogens is 306 g/mol. The predicted octanol–water partition coefficient (Wildman–Crippen LogP) is 2.39. The maximum absolute atomic E-state index is 12.5. The van der Waals surface area contributed by atoms with Crippen LogP contribution in [0.3, 0.4) is 0 Å². The van der Waals surface area contributed by atoms with E-state index in [1.807, 2.05) is 30.4 Å². The molecule has 2 aromatic rings. The number of methoxy groups -OCH3 is 1. The first-order valence-corrected chi connectivity index (χ1v) is 8.20. The Bertz CT molecular complexity index is 665. The van der Waals surface area contributed by atoms with E-state index < -0.39 is 0 Å². The first-order chi connectivity index (χ1) is 11.7. The second kappa shape index (κ2) is 7.33. The van der Waals surface area contributed by atoms with Crippen LogP contribution in [-0.2, 0) is 0 Å². The molecule has 1 fully saturated rings. The molecule has 7 nitrogen and oxygen atoms in total. The third-order valence-corrected chi connectivity index (χ3v) is 4.54. The largest absolute Gasteiger partial charge is 0.495 e. The molecular formula is C17H23N5O2. The highest BCUT2D eigenvalue weighted by molar-refractivity contribution is 5.75. The second-order valence-corrected chi connectivity index (χ2v) is 6.02. The summed E-state index contributed by atoms with van der Waals surface area (Å²) in [7, 11) is 1.61. The summed E-state index contributed by atoms with van der Waals surface area (Å²) in [6, 6.07) is 2.12. The van der Waals surface area contributed by atoms with Crippen LogP contribution in [-0.4, -0.2) is 45.7 Å². The molecule has 3 rings (SSSR count). The highest BCUT2D eigenvalue weighted by atomic mass is 16.5. The quantitative estimate of drug-likeness (QED) is 0.935. The van der Waals surface area contributed by atoms with Crippen LogP contribution >= 0.6 is 0 Å². The van der Waals surface area contributed by atoms with E-state index in [-0.39, 0.29) is 12.1 Å². The Labute approximate surface area is 141 Å². The zero-order valence-electron chi connectivity index (χ0n) is 14.1. The second-order valence-electron chi connectivity index (χ2n) is 6.02. The SMILES string of the molecule is COc1cnccc1C(C)NC(=O)N1CCC(n2ccnc2)CC1. The summed E-state index contributed by atoms with van der Waals surface area (Å²) in [6.07, 6.45) is 10.9. The molecule has 0 radical (unpaired) electrons. The molecule has 128 valence electrons. The molecule has 1 N–H and O–H groups in total. The van der Waals surface area contributed by atoms with Gasteiger partial charge >= 0.3 is 6.03 Å². The van der Waals surface area contributed by atoms with E-state index in [1.165, 1.54) is 0 Å². The fraction of sp³-hybridized carbons (Fsp3) is 0.471. The molecule has 7 heteroatoms. The minimum atomic E-state index is -0.137. The first kappa shape index (κ1) is 16.3. The van der Waals surface area contributed by atoms with Crippen LogP contribution in [0.15, 0.2) is 37.2 Å². The molecule has 0 bridgehead atoms. The number of hydrogen-bond acceptors (Lipinski definition) is 4. The average Bonchev–Trinajstić information content (AvgIpc) is 3.16. The van der Waals surface area contributed by atoms with Gasteiger partial charge in [-0.2, -0.15) is 0 Å². The van der Waals surface area contributed by atoms with Gasteiger partial charge < -0.3 is 19.5 Å². The van der Waals surface area contributed by atoms with Crippen LogP contribution in [0.5, 0.6) is 5.75 Å². The third-order valence-electron chi connectivity index (χ3n) is 4.54. The lowest BCUT2D eigenvalue weighted by Crippen LogP contribution is -2.45. The summed E-state index contributed by atoms with van der Waals surface area (Å²) in [4.78, 5) is 22.5. The maximum Gasteiger partial charge on any atom is 0.317 e. The van der Waals surface area contributed by atoms with Crippen molar-refractivity contribution >= 4 is 6.03 Å². The van der Waals surface area contributed by atoms with Crippen molar-refractivity contribution in [3.63, 3.8) is 0 Å². The number of ether oxygens (including phenoxy) is 1. The number of amides is 2. The van der Waals surface area contributed by atoms with E-state index in [9.17, 15) is 4.79 Å². The van der Waals surface area contributed by atoms with E-state index in [4.69, 9.17) is 4.74 Å². The number of nitrogens with one attached hydrogen (secondary N) is 1. The maximum atomic E-state index is 12.5. The van der Waals surface area contributed by atoms with Crippen molar-refractivity contribution in [2.75, 3.05) is 20.2 Å². The summed E-state index contributed by atoms with van der Waals surface area (Å²) in [5.74, 6) is 0.684. The normalized spacial score (nSPS) is 16.7. The van der Waals surface area contributed by atoms with Gasteiger partial charge in [-0.1, -0.05) is 0 Å². The lowest BCUT2D eigenvalue weighted by molar-refractivity contribution is 0.168. The molecule has 3 heterocycles. The first-order valence-electron chi connectivity index (χ1n) is 8.20. The van der Waals surface area contributed by atoms with E-state index in [0.717, 1.165) is 31.5 Å². The summed E-state index contributed by atoms with van der Waals surface area (Å²) in [5.41, 5.74) is 0.925. The van der Waals surface area contributed by atoms with E-state index in [0.29, 0.717) is 11.8 Å². The van der Waals surface area contributed by atoms with Gasteiger partial charge in [-0.05, 0) is 25.8 Å². The Morgan fingerprint density at radius 2 is 2.12 bits per heavy atom. The number of pyridine rings is 1. The van der Waals surface area contributed by atoms with Crippen molar-refractivity contribution in [1.29, 1.82) is 0 Å². The zero-order chi connectivity index (χ0) is 16.9. The summed E-state index contributed by atoms with van der Waals surface area (Å²) in [6.45, 7) is 3.44. The number of piperidine rings is 1. The van der Waals surface area contributed by atoms with Gasteiger partial charge in [-0.25, -0.2) is 9.78 Å². The molecule has 1 atom stereocenters. The van der Waals surface area contributed by atoms with Crippen LogP contribution in [0.25, 0.3) is 0 Å². The molecule has 1 aliphatic rings. The topological polar surface area (TPSA) is 72.3 Å². The van der Waals surface area contributed by atoms with Crippen LogP contribution in [0, 0.1) is 0 Å². The number of likely N-dealkylation sites (tertiary alicyclic amines) is 1. The highest BCUT2D eigenvalue weighted by Gasteiger charge is 2.25. The van der Waals surface area contributed by atoms with E-state index >= 15 is 0 Å². The fourth-order valence-corrected chi connectivity index (χ4v) is 3.13. The van der Waals surface area contributed by atoms with Crippen molar-refractivity contribution in [1.82, 2.24) is 24.8 Å². The Kier molecular flexibility index (Phi) is 4.98. The van der Waals surface area contributed by atoms with Crippen molar-refractivity contribution in [2.45, 2.75) is 31.8 Å². The smallest absolute Gasteiger partial charge is 0.317 e. The van der Waals surface area contributed by atoms with Crippen LogP contribution < -0.4 is 10.1 Å². The van der Waals surface area contributed by atoms with E-state index in [1.54, 1.807) is 25.7 Å². The predicted molar refractivity (Wildman–Crippen MR) is 89.8 cm³/mol. The van der Waals surface area contributed by atoms with Crippen molar-refractivity contribution < 1.29 is 9.53 Å². The van der Waals surface area contributed by atoms with Crippen molar-refractivity contribution in [3.8, 4) is 5.75 Å². The van der Waals surface area contributed by atoms with Crippen LogP contribution in [0.1, 0.15) is 37.4 Å². The molecule has 1 aliphatic heterocycles. The fourth-order valence-electron chi connectivity index (χ4n) is 3.13. The molecule has 0 spiro atoms. The van der Waals surface area contributed by atoms with Gasteiger partial charge in [-0.15, -0.1) is 0 Å². The minimum Gasteiger partial charge on any atom is -0.495 e. The molecule has 1 saturated heterocycles. The number of urea groups is 1. The lowest BCUT2D eigenvalue weighted by atomic mass is 10.1. The third kappa shape index (κ3) is 3.50. The summed E-state index contributed by atoms with van der Waals surface area (Å²) in [5, 5.41) is 3.05. The summed E-state index contributed by atoms with van der Waals surface area (Å²) < 4.78 is 7.44. The number of rotatable bonds is 4. The average molecular weight is 329 g/mol. The summed E-state index contributed by atoms with van der Waals surface area (Å²) >= 11 is 0. The van der Waals surface area contributed by atoms with Crippen LogP contribution in [0.4, 0.5) is 4.79 Å². The Hall–Kier alpha value is -2.57. The zero-order valence-corrected chi connectivity index (χ0v) is 14.1. The van der Waals surface area contributed by atoms with Gasteiger partial charge in [-0.3, -0.25) is 4.98 Å². The van der Waals surface area contributed by atoms with Gasteiger partial charge in [0.25, 0.3) is 0 Å². The number of hydrogen-bond donors (Lipinski definition) is 1. The van der Waals surface area contributed by atoms with Crippen molar-refractivity contribution in [3.05, 3.63) is 42.7 Å². The Morgan fingerprint density at radius 3 is 2.79 bits per heavy atom. The number of aromatic nitrogens is 3. The number of carbonyl (C=O) groups is 1. The molecule has 2 amide bonds. The Morgan fingerprint density at radius 1 is 1.33 bits per heavy atom. The molecule has 1 unspecified atom stereocenters. The molecule has 2 aromatic heterocycles.